The largest absolute Gasteiger partial charge is 0.473 e. The van der Waals surface area contributed by atoms with Gasteiger partial charge in [0.1, 0.15) is 12.1 Å². The van der Waals surface area contributed by atoms with Crippen molar-refractivity contribution in [3.63, 3.8) is 0 Å². The molecule has 0 bridgehead atoms. The summed E-state index contributed by atoms with van der Waals surface area (Å²) in [5.74, 6) is 1.44. The number of carbonyl (C=O) groups excluding carboxylic acids is 1. The number of hydrogen-bond acceptors (Lipinski definition) is 6. The highest BCUT2D eigenvalue weighted by Crippen LogP contribution is 2.39. The van der Waals surface area contributed by atoms with Gasteiger partial charge >= 0.3 is 0 Å². The maximum atomic E-state index is 11.0. The van der Waals surface area contributed by atoms with Crippen LogP contribution in [0.3, 0.4) is 0 Å². The molecular weight excluding hydrogens is 370 g/mol. The third-order valence-electron chi connectivity index (χ3n) is 4.97. The van der Waals surface area contributed by atoms with Gasteiger partial charge < -0.3 is 19.2 Å². The Labute approximate surface area is 169 Å². The highest BCUT2D eigenvalue weighted by atomic mass is 16.5. The quantitative estimate of drug-likeness (QED) is 0.627. The monoisotopic (exact) mass is 395 g/mol. The molecule has 0 unspecified atom stereocenters. The molecule has 1 saturated carbocycles. The minimum atomic E-state index is -0.0419. The Morgan fingerprint density at radius 1 is 1.31 bits per heavy atom. The van der Waals surface area contributed by atoms with Crippen LogP contribution < -0.4 is 10.1 Å². The lowest BCUT2D eigenvalue weighted by molar-refractivity contribution is -0.120. The molecule has 0 radical (unpaired) electrons. The van der Waals surface area contributed by atoms with Crippen molar-refractivity contribution in [1.29, 1.82) is 0 Å². The first-order valence-corrected chi connectivity index (χ1v) is 9.88. The van der Waals surface area contributed by atoms with Crippen LogP contribution in [0.15, 0.2) is 47.0 Å². The molecule has 0 aliphatic heterocycles. The van der Waals surface area contributed by atoms with Crippen LogP contribution in [-0.4, -0.2) is 34.6 Å². The van der Waals surface area contributed by atoms with Gasteiger partial charge in [-0.05, 0) is 25.3 Å². The number of ether oxygens (including phenoxy) is 2. The van der Waals surface area contributed by atoms with E-state index in [1.807, 2.05) is 37.3 Å². The molecule has 1 fully saturated rings. The molecule has 3 aromatic rings. The van der Waals surface area contributed by atoms with Crippen molar-refractivity contribution in [1.82, 2.24) is 15.3 Å². The molecule has 1 amide bonds. The summed E-state index contributed by atoms with van der Waals surface area (Å²) in [5, 5.41) is 2.82. The van der Waals surface area contributed by atoms with E-state index >= 15 is 0 Å². The lowest BCUT2D eigenvalue weighted by Gasteiger charge is -2.33. The second-order valence-electron chi connectivity index (χ2n) is 7.54. The van der Waals surface area contributed by atoms with Gasteiger partial charge in [-0.2, -0.15) is 0 Å². The van der Waals surface area contributed by atoms with E-state index in [1.54, 1.807) is 12.3 Å². The summed E-state index contributed by atoms with van der Waals surface area (Å²) >= 11 is 0. The fraction of sp³-hybridized carbons (Fsp3) is 0.409. The van der Waals surface area contributed by atoms with E-state index in [-0.39, 0.29) is 24.0 Å². The number of nitrogens with one attached hydrogen (secondary N) is 1. The highest BCUT2D eigenvalue weighted by Gasteiger charge is 2.35. The summed E-state index contributed by atoms with van der Waals surface area (Å²) in [7, 11) is 0. The number of nitrogens with zero attached hydrogens (tertiary/aromatic N) is 2. The minimum absolute atomic E-state index is 0.0104. The summed E-state index contributed by atoms with van der Waals surface area (Å²) < 4.78 is 17.6. The summed E-state index contributed by atoms with van der Waals surface area (Å²) in [5.41, 5.74) is 2.50. The molecule has 0 saturated heterocycles. The molecule has 1 atom stereocenters. The first kappa shape index (κ1) is 19.4. The van der Waals surface area contributed by atoms with Gasteiger partial charge in [-0.25, -0.2) is 9.97 Å². The van der Waals surface area contributed by atoms with E-state index in [1.165, 1.54) is 6.92 Å². The number of pyridine rings is 1. The molecule has 1 aliphatic rings. The molecule has 2 aromatic heterocycles. The molecule has 7 nitrogen and oxygen atoms in total. The van der Waals surface area contributed by atoms with Crippen molar-refractivity contribution in [2.45, 2.75) is 51.4 Å². The van der Waals surface area contributed by atoms with Crippen LogP contribution in [0.25, 0.3) is 11.1 Å². The molecule has 1 aromatic carbocycles. The normalized spacial score (nSPS) is 19.5. The average Bonchev–Trinajstić information content (AvgIpc) is 3.08. The summed E-state index contributed by atoms with van der Waals surface area (Å²) in [6.07, 6.45) is 3.59. The van der Waals surface area contributed by atoms with Gasteiger partial charge in [-0.3, -0.25) is 4.79 Å². The van der Waals surface area contributed by atoms with Crippen LogP contribution in [0.2, 0.25) is 0 Å². The van der Waals surface area contributed by atoms with Crippen LogP contribution >= 0.6 is 0 Å². The SMILES string of the molecule is CC(=O)N[C@@H](C)CO[C@H]1C[C@H](c2nc3cnc(OCc4ccccc4)cc3o2)C1. The van der Waals surface area contributed by atoms with Crippen molar-refractivity contribution >= 4 is 17.0 Å². The zero-order valence-corrected chi connectivity index (χ0v) is 16.6. The number of hydrogen-bond donors (Lipinski definition) is 1. The molecule has 1 N–H and O–H groups in total. The highest BCUT2D eigenvalue weighted by molar-refractivity contribution is 5.73. The molecule has 2 heterocycles. The maximum Gasteiger partial charge on any atom is 0.217 e. The Bertz CT molecular complexity index is 967. The molecule has 29 heavy (non-hydrogen) atoms. The number of aromatic nitrogens is 2. The van der Waals surface area contributed by atoms with Gasteiger partial charge in [0, 0.05) is 24.9 Å². The number of oxazole rings is 1. The van der Waals surface area contributed by atoms with E-state index in [2.05, 4.69) is 15.3 Å². The summed E-state index contributed by atoms with van der Waals surface area (Å²) in [6.45, 7) is 4.41. The lowest BCUT2D eigenvalue weighted by atomic mass is 9.82. The first-order valence-electron chi connectivity index (χ1n) is 9.88. The van der Waals surface area contributed by atoms with Crippen LogP contribution in [0.4, 0.5) is 0 Å². The van der Waals surface area contributed by atoms with Crippen molar-refractivity contribution < 1.29 is 18.7 Å². The Morgan fingerprint density at radius 2 is 2.10 bits per heavy atom. The number of carbonyl (C=O) groups is 1. The van der Waals surface area contributed by atoms with Crippen LogP contribution in [-0.2, 0) is 16.1 Å². The van der Waals surface area contributed by atoms with Gasteiger partial charge in [0.25, 0.3) is 0 Å². The van der Waals surface area contributed by atoms with E-state index < -0.39 is 0 Å². The lowest BCUT2D eigenvalue weighted by Crippen LogP contribution is -2.38. The van der Waals surface area contributed by atoms with Crippen LogP contribution in [0.1, 0.15) is 44.1 Å². The fourth-order valence-electron chi connectivity index (χ4n) is 3.39. The third-order valence-corrected chi connectivity index (χ3v) is 4.97. The van der Waals surface area contributed by atoms with Crippen LogP contribution in [0, 0.1) is 0 Å². The van der Waals surface area contributed by atoms with Crippen molar-refractivity contribution in [3.05, 3.63) is 54.0 Å². The van der Waals surface area contributed by atoms with Gasteiger partial charge in [0.05, 0.1) is 18.9 Å². The predicted molar refractivity (Wildman–Crippen MR) is 108 cm³/mol. The molecule has 7 heteroatoms. The van der Waals surface area contributed by atoms with E-state index in [0.717, 1.165) is 29.8 Å². The zero-order valence-electron chi connectivity index (χ0n) is 16.6. The Balaban J connectivity index is 1.30. The Morgan fingerprint density at radius 3 is 2.86 bits per heavy atom. The van der Waals surface area contributed by atoms with Gasteiger partial charge in [-0.15, -0.1) is 0 Å². The number of benzene rings is 1. The van der Waals surface area contributed by atoms with E-state index in [9.17, 15) is 4.79 Å². The second kappa shape index (κ2) is 8.61. The summed E-state index contributed by atoms with van der Waals surface area (Å²) in [6, 6.07) is 11.8. The van der Waals surface area contributed by atoms with Crippen LogP contribution in [0.5, 0.6) is 5.88 Å². The first-order chi connectivity index (χ1) is 14.1. The van der Waals surface area contributed by atoms with E-state index in [4.69, 9.17) is 13.9 Å². The molecule has 4 rings (SSSR count). The number of fused-ring (bicyclic) bond motifs is 1. The molecule has 1 aliphatic carbocycles. The molecule has 0 spiro atoms. The van der Waals surface area contributed by atoms with Gasteiger partial charge in [0.15, 0.2) is 11.5 Å². The molecule has 152 valence electrons. The summed E-state index contributed by atoms with van der Waals surface area (Å²) in [4.78, 5) is 19.9. The number of rotatable bonds is 8. The maximum absolute atomic E-state index is 11.0. The second-order valence-corrected chi connectivity index (χ2v) is 7.54. The van der Waals surface area contributed by atoms with E-state index in [0.29, 0.717) is 24.7 Å². The number of amides is 1. The Hall–Kier alpha value is -2.93. The predicted octanol–water partition coefficient (Wildman–Crippen LogP) is 3.59. The fourth-order valence-corrected chi connectivity index (χ4v) is 3.39. The standard InChI is InChI=1S/C22H25N3O4/c1-14(24-15(2)26)12-27-18-8-17(9-18)22-25-19-11-23-21(10-20(19)29-22)28-13-16-6-4-3-5-7-16/h3-7,10-11,14,17-18H,8-9,12-13H2,1-2H3,(H,24,26)/t14-,17-,18-/m0/s1. The van der Waals surface area contributed by atoms with Crippen molar-refractivity contribution in [3.8, 4) is 5.88 Å². The molecular formula is C22H25N3O4. The Kier molecular flexibility index (Phi) is 5.76. The topological polar surface area (TPSA) is 86.5 Å². The smallest absolute Gasteiger partial charge is 0.217 e. The zero-order chi connectivity index (χ0) is 20.2. The van der Waals surface area contributed by atoms with Crippen molar-refractivity contribution in [2.24, 2.45) is 0 Å². The average molecular weight is 395 g/mol. The third kappa shape index (κ3) is 4.92. The minimum Gasteiger partial charge on any atom is -0.473 e. The van der Waals surface area contributed by atoms with Crippen molar-refractivity contribution in [2.75, 3.05) is 6.61 Å². The van der Waals surface area contributed by atoms with Gasteiger partial charge in [-0.1, -0.05) is 30.3 Å². The van der Waals surface area contributed by atoms with Gasteiger partial charge in [0.2, 0.25) is 11.8 Å².